The van der Waals surface area contributed by atoms with Gasteiger partial charge in [-0.2, -0.15) is 0 Å². The summed E-state index contributed by atoms with van der Waals surface area (Å²) in [5.41, 5.74) is 0.729. The monoisotopic (exact) mass is 327 g/mol. The summed E-state index contributed by atoms with van der Waals surface area (Å²) in [5.74, 6) is -0.370. The van der Waals surface area contributed by atoms with Crippen molar-refractivity contribution < 1.29 is 4.79 Å². The summed E-state index contributed by atoms with van der Waals surface area (Å²) in [6.07, 6.45) is 1.31. The number of amides is 1. The lowest BCUT2D eigenvalue weighted by Gasteiger charge is -2.07. The SMILES string of the molecule is Cc1[nH]c(=O)[nH]c(=O)c1CC(=O)Nc1ccc(-n2cnnn2)cc1. The highest BCUT2D eigenvalue weighted by Gasteiger charge is 2.11. The molecule has 3 aromatic rings. The van der Waals surface area contributed by atoms with Gasteiger partial charge in [0.05, 0.1) is 12.1 Å². The molecule has 0 saturated carbocycles. The molecule has 0 aliphatic carbocycles. The molecule has 10 nitrogen and oxygen atoms in total. The lowest BCUT2D eigenvalue weighted by Crippen LogP contribution is -2.29. The quantitative estimate of drug-likeness (QED) is 0.592. The Morgan fingerprint density at radius 2 is 1.96 bits per heavy atom. The minimum absolute atomic E-state index is 0.146. The van der Waals surface area contributed by atoms with E-state index >= 15 is 0 Å². The van der Waals surface area contributed by atoms with Crippen molar-refractivity contribution in [2.45, 2.75) is 13.3 Å². The number of nitrogens with one attached hydrogen (secondary N) is 3. The van der Waals surface area contributed by atoms with Crippen molar-refractivity contribution in [1.29, 1.82) is 0 Å². The van der Waals surface area contributed by atoms with Gasteiger partial charge in [0, 0.05) is 16.9 Å². The highest BCUT2D eigenvalue weighted by Crippen LogP contribution is 2.12. The van der Waals surface area contributed by atoms with E-state index in [0.717, 1.165) is 5.69 Å². The van der Waals surface area contributed by atoms with E-state index in [1.165, 1.54) is 11.0 Å². The Kier molecular flexibility index (Phi) is 4.01. The van der Waals surface area contributed by atoms with E-state index in [1.807, 2.05) is 0 Å². The summed E-state index contributed by atoms with van der Waals surface area (Å²) in [7, 11) is 0. The number of anilines is 1. The van der Waals surface area contributed by atoms with Gasteiger partial charge in [-0.1, -0.05) is 0 Å². The first kappa shape index (κ1) is 15.3. The van der Waals surface area contributed by atoms with E-state index in [4.69, 9.17) is 0 Å². The van der Waals surface area contributed by atoms with Gasteiger partial charge in [0.2, 0.25) is 5.91 Å². The molecule has 1 aromatic carbocycles. The number of hydrogen-bond donors (Lipinski definition) is 3. The first-order valence-electron chi connectivity index (χ1n) is 6.98. The van der Waals surface area contributed by atoms with Gasteiger partial charge >= 0.3 is 5.69 Å². The van der Waals surface area contributed by atoms with Gasteiger partial charge in [0.1, 0.15) is 6.33 Å². The fourth-order valence-corrected chi connectivity index (χ4v) is 2.18. The number of H-pyrrole nitrogens is 2. The lowest BCUT2D eigenvalue weighted by molar-refractivity contribution is -0.115. The molecule has 2 heterocycles. The zero-order valence-electron chi connectivity index (χ0n) is 12.6. The molecule has 3 N–H and O–H groups in total. The molecule has 0 radical (unpaired) electrons. The van der Waals surface area contributed by atoms with E-state index < -0.39 is 11.2 Å². The van der Waals surface area contributed by atoms with Gasteiger partial charge in [0.15, 0.2) is 0 Å². The van der Waals surface area contributed by atoms with Crippen LogP contribution in [0.25, 0.3) is 5.69 Å². The van der Waals surface area contributed by atoms with Crippen LogP contribution >= 0.6 is 0 Å². The van der Waals surface area contributed by atoms with E-state index in [9.17, 15) is 14.4 Å². The van der Waals surface area contributed by atoms with Crippen LogP contribution in [0.4, 0.5) is 5.69 Å². The smallest absolute Gasteiger partial charge is 0.325 e. The predicted molar refractivity (Wildman–Crippen MR) is 83.9 cm³/mol. The summed E-state index contributed by atoms with van der Waals surface area (Å²) in [5, 5.41) is 13.5. The Labute approximate surface area is 134 Å². The van der Waals surface area contributed by atoms with Crippen molar-refractivity contribution in [2.24, 2.45) is 0 Å². The molecule has 1 amide bonds. The molecule has 0 aliphatic rings. The third-order valence-corrected chi connectivity index (χ3v) is 3.36. The summed E-state index contributed by atoms with van der Waals surface area (Å²) in [6.45, 7) is 1.57. The average molecular weight is 327 g/mol. The number of aryl methyl sites for hydroxylation is 1. The summed E-state index contributed by atoms with van der Waals surface area (Å²) in [6, 6.07) is 6.87. The number of aromatic nitrogens is 6. The van der Waals surface area contributed by atoms with Crippen LogP contribution in [0, 0.1) is 6.92 Å². The van der Waals surface area contributed by atoms with Crippen molar-refractivity contribution >= 4 is 11.6 Å². The van der Waals surface area contributed by atoms with Gasteiger partial charge in [-0.25, -0.2) is 9.48 Å². The van der Waals surface area contributed by atoms with Crippen LogP contribution in [-0.2, 0) is 11.2 Å². The Balaban J connectivity index is 1.71. The Hall–Kier alpha value is -3.56. The van der Waals surface area contributed by atoms with Gasteiger partial charge in [0.25, 0.3) is 5.56 Å². The Morgan fingerprint density at radius 1 is 1.21 bits per heavy atom. The highest BCUT2D eigenvalue weighted by atomic mass is 16.2. The first-order valence-corrected chi connectivity index (χ1v) is 6.98. The summed E-state index contributed by atoms with van der Waals surface area (Å²) in [4.78, 5) is 39.5. The zero-order chi connectivity index (χ0) is 17.1. The van der Waals surface area contributed by atoms with Crippen molar-refractivity contribution in [2.75, 3.05) is 5.32 Å². The van der Waals surface area contributed by atoms with E-state index in [-0.39, 0.29) is 17.9 Å². The fourth-order valence-electron chi connectivity index (χ4n) is 2.18. The third-order valence-electron chi connectivity index (χ3n) is 3.36. The van der Waals surface area contributed by atoms with Crippen LogP contribution in [0.1, 0.15) is 11.3 Å². The lowest BCUT2D eigenvalue weighted by atomic mass is 10.1. The van der Waals surface area contributed by atoms with Crippen LogP contribution in [-0.4, -0.2) is 36.1 Å². The molecular weight excluding hydrogens is 314 g/mol. The second-order valence-corrected chi connectivity index (χ2v) is 5.04. The minimum Gasteiger partial charge on any atom is -0.326 e. The van der Waals surface area contributed by atoms with Crippen molar-refractivity contribution in [3.8, 4) is 5.69 Å². The molecule has 0 unspecified atom stereocenters. The average Bonchev–Trinajstić information content (AvgIpc) is 3.06. The first-order chi connectivity index (χ1) is 11.5. The number of benzene rings is 1. The Morgan fingerprint density at radius 3 is 2.58 bits per heavy atom. The van der Waals surface area contributed by atoms with E-state index in [2.05, 4.69) is 30.8 Å². The minimum atomic E-state index is -0.597. The number of carbonyl (C=O) groups is 1. The maximum absolute atomic E-state index is 12.1. The molecular formula is C14H13N7O3. The van der Waals surface area contributed by atoms with E-state index in [1.54, 1.807) is 31.2 Å². The second-order valence-electron chi connectivity index (χ2n) is 5.04. The summed E-state index contributed by atoms with van der Waals surface area (Å²) < 4.78 is 1.48. The zero-order valence-corrected chi connectivity index (χ0v) is 12.6. The molecule has 0 bridgehead atoms. The fraction of sp³-hybridized carbons (Fsp3) is 0.143. The number of tetrazole rings is 1. The largest absolute Gasteiger partial charge is 0.326 e. The number of nitrogens with zero attached hydrogens (tertiary/aromatic N) is 4. The van der Waals surface area contributed by atoms with Gasteiger partial charge in [-0.15, -0.1) is 5.10 Å². The molecule has 3 rings (SSSR count). The van der Waals surface area contributed by atoms with Crippen molar-refractivity contribution in [1.82, 2.24) is 30.2 Å². The van der Waals surface area contributed by atoms with Crippen LogP contribution in [0.15, 0.2) is 40.2 Å². The highest BCUT2D eigenvalue weighted by molar-refractivity contribution is 5.92. The normalized spacial score (nSPS) is 10.5. The van der Waals surface area contributed by atoms with E-state index in [0.29, 0.717) is 11.4 Å². The maximum Gasteiger partial charge on any atom is 0.325 e. The van der Waals surface area contributed by atoms with Gasteiger partial charge < -0.3 is 10.3 Å². The van der Waals surface area contributed by atoms with Gasteiger partial charge in [-0.3, -0.25) is 14.6 Å². The molecule has 0 spiro atoms. The molecule has 10 heteroatoms. The summed E-state index contributed by atoms with van der Waals surface area (Å²) >= 11 is 0. The topological polar surface area (TPSA) is 138 Å². The molecule has 24 heavy (non-hydrogen) atoms. The van der Waals surface area contributed by atoms with Crippen molar-refractivity contribution in [3.63, 3.8) is 0 Å². The molecule has 0 saturated heterocycles. The standard InChI is InChI=1S/C14H13N7O3/c1-8-11(13(23)18-14(24)16-8)6-12(22)17-9-2-4-10(5-3-9)21-7-15-19-20-21/h2-5,7H,6H2,1H3,(H,17,22)(H2,16,18,23,24). The molecule has 0 atom stereocenters. The number of aromatic amines is 2. The molecule has 0 aliphatic heterocycles. The molecule has 2 aromatic heterocycles. The van der Waals surface area contributed by atoms with Crippen molar-refractivity contribution in [3.05, 3.63) is 62.7 Å². The van der Waals surface area contributed by atoms with Crippen LogP contribution in [0.2, 0.25) is 0 Å². The maximum atomic E-state index is 12.1. The van der Waals surface area contributed by atoms with Crippen LogP contribution in [0.3, 0.4) is 0 Å². The number of hydrogen-bond acceptors (Lipinski definition) is 6. The van der Waals surface area contributed by atoms with Crippen LogP contribution in [0.5, 0.6) is 0 Å². The Bertz CT molecular complexity index is 971. The molecule has 122 valence electrons. The number of rotatable bonds is 4. The van der Waals surface area contributed by atoms with Gasteiger partial charge in [-0.05, 0) is 41.6 Å². The van der Waals surface area contributed by atoms with Crippen LogP contribution < -0.4 is 16.6 Å². The number of carbonyl (C=O) groups excluding carboxylic acids is 1. The molecule has 0 fully saturated rings. The second kappa shape index (κ2) is 6.28. The predicted octanol–water partition coefficient (Wildman–Crippen LogP) is -0.471. The third kappa shape index (κ3) is 3.27.